The Hall–Kier alpha value is -0.820. The molecule has 1 N–H and O–H groups in total. The summed E-state index contributed by atoms with van der Waals surface area (Å²) in [5.74, 6) is 1.32. The van der Waals surface area contributed by atoms with Crippen molar-refractivity contribution in [1.82, 2.24) is 5.32 Å². The lowest BCUT2D eigenvalue weighted by Crippen LogP contribution is -2.39. The van der Waals surface area contributed by atoms with Crippen LogP contribution in [0.15, 0.2) is 30.3 Å². The van der Waals surface area contributed by atoms with Crippen LogP contribution in [0.3, 0.4) is 0 Å². The SMILES string of the molecule is CCCNC(C(C)CCC)C(C)c1ccccc1. The Bertz CT molecular complexity index is 307. The van der Waals surface area contributed by atoms with E-state index in [1.807, 2.05) is 0 Å². The minimum absolute atomic E-state index is 0.583. The van der Waals surface area contributed by atoms with Crippen molar-refractivity contribution in [2.45, 2.75) is 58.9 Å². The largest absolute Gasteiger partial charge is 0.313 e. The van der Waals surface area contributed by atoms with E-state index in [1.54, 1.807) is 0 Å². The molecule has 0 saturated heterocycles. The van der Waals surface area contributed by atoms with Gasteiger partial charge >= 0.3 is 0 Å². The normalized spacial score (nSPS) is 16.2. The molecule has 0 saturated carbocycles. The van der Waals surface area contributed by atoms with Gasteiger partial charge in [-0.05, 0) is 36.8 Å². The first-order valence-corrected chi connectivity index (χ1v) is 7.49. The fourth-order valence-electron chi connectivity index (χ4n) is 2.78. The van der Waals surface area contributed by atoms with Crippen LogP contribution in [-0.2, 0) is 0 Å². The highest BCUT2D eigenvalue weighted by molar-refractivity contribution is 5.20. The van der Waals surface area contributed by atoms with Crippen LogP contribution in [0.4, 0.5) is 0 Å². The van der Waals surface area contributed by atoms with Gasteiger partial charge in [-0.3, -0.25) is 0 Å². The van der Waals surface area contributed by atoms with Gasteiger partial charge in [0.15, 0.2) is 0 Å². The van der Waals surface area contributed by atoms with Gasteiger partial charge in [0.2, 0.25) is 0 Å². The smallest absolute Gasteiger partial charge is 0.0159 e. The van der Waals surface area contributed by atoms with Crippen molar-refractivity contribution >= 4 is 0 Å². The van der Waals surface area contributed by atoms with E-state index in [1.165, 1.54) is 24.8 Å². The number of rotatable bonds is 8. The van der Waals surface area contributed by atoms with Crippen molar-refractivity contribution in [1.29, 1.82) is 0 Å². The van der Waals surface area contributed by atoms with Gasteiger partial charge in [0.25, 0.3) is 0 Å². The first-order chi connectivity index (χ1) is 8.70. The summed E-state index contributed by atoms with van der Waals surface area (Å²) >= 11 is 0. The summed E-state index contributed by atoms with van der Waals surface area (Å²) < 4.78 is 0. The molecule has 1 aromatic carbocycles. The summed E-state index contributed by atoms with van der Waals surface area (Å²) in [5.41, 5.74) is 1.45. The van der Waals surface area contributed by atoms with Crippen LogP contribution in [0.1, 0.15) is 58.4 Å². The molecule has 1 heteroatoms. The number of hydrogen-bond acceptors (Lipinski definition) is 1. The third-order valence-electron chi connectivity index (χ3n) is 3.85. The lowest BCUT2D eigenvalue weighted by Gasteiger charge is -2.31. The van der Waals surface area contributed by atoms with Crippen LogP contribution in [0.5, 0.6) is 0 Å². The Labute approximate surface area is 113 Å². The molecule has 18 heavy (non-hydrogen) atoms. The summed E-state index contributed by atoms with van der Waals surface area (Å²) in [5, 5.41) is 3.75. The molecule has 0 radical (unpaired) electrons. The number of benzene rings is 1. The molecule has 0 aromatic heterocycles. The highest BCUT2D eigenvalue weighted by atomic mass is 14.9. The fraction of sp³-hybridized carbons (Fsp3) is 0.647. The quantitative estimate of drug-likeness (QED) is 0.708. The Morgan fingerprint density at radius 2 is 1.67 bits per heavy atom. The molecule has 0 aliphatic rings. The molecular formula is C17H29N. The second-order valence-corrected chi connectivity index (χ2v) is 5.45. The lowest BCUT2D eigenvalue weighted by atomic mass is 9.83. The van der Waals surface area contributed by atoms with Gasteiger partial charge in [0.05, 0.1) is 0 Å². The maximum absolute atomic E-state index is 3.75. The second-order valence-electron chi connectivity index (χ2n) is 5.45. The molecule has 0 spiro atoms. The predicted molar refractivity (Wildman–Crippen MR) is 81.0 cm³/mol. The standard InChI is InChI=1S/C17H29N/c1-5-10-14(3)17(18-13-6-2)15(4)16-11-8-7-9-12-16/h7-9,11-12,14-15,17-18H,5-6,10,13H2,1-4H3. The molecule has 102 valence electrons. The van der Waals surface area contributed by atoms with Gasteiger partial charge < -0.3 is 5.32 Å². The monoisotopic (exact) mass is 247 g/mol. The van der Waals surface area contributed by atoms with E-state index < -0.39 is 0 Å². The van der Waals surface area contributed by atoms with E-state index in [9.17, 15) is 0 Å². The van der Waals surface area contributed by atoms with Crippen LogP contribution >= 0.6 is 0 Å². The molecular weight excluding hydrogens is 218 g/mol. The highest BCUT2D eigenvalue weighted by Gasteiger charge is 2.23. The van der Waals surface area contributed by atoms with Gasteiger partial charge in [-0.1, -0.05) is 64.4 Å². The van der Waals surface area contributed by atoms with Gasteiger partial charge in [-0.15, -0.1) is 0 Å². The van der Waals surface area contributed by atoms with Crippen LogP contribution < -0.4 is 5.32 Å². The van der Waals surface area contributed by atoms with Crippen molar-refractivity contribution in [3.63, 3.8) is 0 Å². The topological polar surface area (TPSA) is 12.0 Å². The Morgan fingerprint density at radius 3 is 2.22 bits per heavy atom. The predicted octanol–water partition coefficient (Wildman–Crippen LogP) is 4.59. The number of hydrogen-bond donors (Lipinski definition) is 1. The van der Waals surface area contributed by atoms with Crippen molar-refractivity contribution in [3.8, 4) is 0 Å². The molecule has 0 heterocycles. The first kappa shape index (κ1) is 15.2. The zero-order valence-corrected chi connectivity index (χ0v) is 12.4. The summed E-state index contributed by atoms with van der Waals surface area (Å²) in [6, 6.07) is 11.5. The molecule has 0 amide bonds. The summed E-state index contributed by atoms with van der Waals surface area (Å²) in [7, 11) is 0. The highest BCUT2D eigenvalue weighted by Crippen LogP contribution is 2.26. The van der Waals surface area contributed by atoms with Crippen LogP contribution in [0.25, 0.3) is 0 Å². The summed E-state index contributed by atoms with van der Waals surface area (Å²) in [6.07, 6.45) is 3.78. The van der Waals surface area contributed by atoms with Gasteiger partial charge in [-0.2, -0.15) is 0 Å². The van der Waals surface area contributed by atoms with Gasteiger partial charge in [0, 0.05) is 6.04 Å². The molecule has 3 unspecified atom stereocenters. The third-order valence-corrected chi connectivity index (χ3v) is 3.85. The van der Waals surface area contributed by atoms with Crippen LogP contribution in [0, 0.1) is 5.92 Å². The average molecular weight is 247 g/mol. The molecule has 1 nitrogen and oxygen atoms in total. The summed E-state index contributed by atoms with van der Waals surface area (Å²) in [6.45, 7) is 10.4. The van der Waals surface area contributed by atoms with E-state index in [2.05, 4.69) is 63.3 Å². The minimum Gasteiger partial charge on any atom is -0.313 e. The maximum Gasteiger partial charge on any atom is 0.0159 e. The molecule has 1 aromatic rings. The Balaban J connectivity index is 2.74. The van der Waals surface area contributed by atoms with Crippen LogP contribution in [-0.4, -0.2) is 12.6 Å². The van der Waals surface area contributed by atoms with E-state index >= 15 is 0 Å². The third kappa shape index (κ3) is 4.45. The minimum atomic E-state index is 0.583. The molecule has 0 aliphatic heterocycles. The molecule has 0 aliphatic carbocycles. The molecule has 3 atom stereocenters. The van der Waals surface area contributed by atoms with Gasteiger partial charge in [-0.25, -0.2) is 0 Å². The molecule has 0 fully saturated rings. The van der Waals surface area contributed by atoms with E-state index in [0.29, 0.717) is 12.0 Å². The zero-order chi connectivity index (χ0) is 13.4. The van der Waals surface area contributed by atoms with Gasteiger partial charge in [0.1, 0.15) is 0 Å². The number of nitrogens with one attached hydrogen (secondary N) is 1. The van der Waals surface area contributed by atoms with E-state index in [4.69, 9.17) is 0 Å². The first-order valence-electron chi connectivity index (χ1n) is 7.49. The Kier molecular flexibility index (Phi) is 7.04. The van der Waals surface area contributed by atoms with Crippen molar-refractivity contribution < 1.29 is 0 Å². The van der Waals surface area contributed by atoms with E-state index in [0.717, 1.165) is 12.5 Å². The zero-order valence-electron chi connectivity index (χ0n) is 12.4. The van der Waals surface area contributed by atoms with Crippen molar-refractivity contribution in [2.75, 3.05) is 6.54 Å². The van der Waals surface area contributed by atoms with E-state index in [-0.39, 0.29) is 0 Å². The molecule has 0 bridgehead atoms. The van der Waals surface area contributed by atoms with Crippen molar-refractivity contribution in [2.24, 2.45) is 5.92 Å². The second kappa shape index (κ2) is 8.31. The molecule has 1 rings (SSSR count). The lowest BCUT2D eigenvalue weighted by molar-refractivity contribution is 0.317. The summed E-state index contributed by atoms with van der Waals surface area (Å²) in [4.78, 5) is 0. The van der Waals surface area contributed by atoms with Crippen molar-refractivity contribution in [3.05, 3.63) is 35.9 Å². The average Bonchev–Trinajstić information content (AvgIpc) is 2.40. The van der Waals surface area contributed by atoms with Crippen LogP contribution in [0.2, 0.25) is 0 Å². The maximum atomic E-state index is 3.75. The fourth-order valence-corrected chi connectivity index (χ4v) is 2.78. The Morgan fingerprint density at radius 1 is 1.00 bits per heavy atom.